The zero-order chi connectivity index (χ0) is 20.6. The fourth-order valence-corrected chi connectivity index (χ4v) is 5.65. The highest BCUT2D eigenvalue weighted by Gasteiger charge is 2.14. The zero-order valence-corrected chi connectivity index (χ0v) is 19.0. The van der Waals surface area contributed by atoms with Gasteiger partial charge in [-0.1, -0.05) is 114 Å². The molecule has 0 amide bonds. The average Bonchev–Trinajstić information content (AvgIpc) is 2.78. The third-order valence-electron chi connectivity index (χ3n) is 5.41. The van der Waals surface area contributed by atoms with E-state index in [2.05, 4.69) is 6.92 Å². The van der Waals surface area contributed by atoms with Crippen molar-refractivity contribution in [2.75, 3.05) is 6.54 Å². The molecule has 0 saturated carbocycles. The number of benzene rings is 2. The van der Waals surface area contributed by atoms with Crippen LogP contribution in [-0.2, 0) is 9.73 Å². The second-order valence-electron chi connectivity index (χ2n) is 7.89. The van der Waals surface area contributed by atoms with Crippen LogP contribution in [0.2, 0.25) is 0 Å². The van der Waals surface area contributed by atoms with Gasteiger partial charge in [0.2, 0.25) is 0 Å². The summed E-state index contributed by atoms with van der Waals surface area (Å²) >= 11 is 0. The van der Waals surface area contributed by atoms with Gasteiger partial charge in [-0.05, 0) is 30.7 Å². The summed E-state index contributed by atoms with van der Waals surface area (Å²) in [5, 5.41) is 0. The lowest BCUT2D eigenvalue weighted by molar-refractivity contribution is 0.545. The predicted octanol–water partition coefficient (Wildman–Crippen LogP) is 8.27. The van der Waals surface area contributed by atoms with Crippen LogP contribution in [0, 0.1) is 0 Å². The summed E-state index contributed by atoms with van der Waals surface area (Å²) in [6.07, 6.45) is 15.9. The van der Waals surface area contributed by atoms with Gasteiger partial charge in [0.25, 0.3) is 0 Å². The Hall–Kier alpha value is -1.61. The summed E-state index contributed by atoms with van der Waals surface area (Å²) in [5.41, 5.74) is 0. The molecule has 160 valence electrons. The molecule has 0 radical (unpaired) electrons. The Morgan fingerprint density at radius 3 is 1.38 bits per heavy atom. The average molecular weight is 414 g/mol. The van der Waals surface area contributed by atoms with E-state index in [9.17, 15) is 4.21 Å². The fourth-order valence-electron chi connectivity index (χ4n) is 3.64. The SMILES string of the molecule is CCCCCCCCCCCCCCN=S(=O)(c1ccccc1)c1ccccc1. The van der Waals surface area contributed by atoms with E-state index >= 15 is 0 Å². The van der Waals surface area contributed by atoms with Gasteiger partial charge in [0, 0.05) is 6.54 Å². The third-order valence-corrected chi connectivity index (χ3v) is 7.78. The Morgan fingerprint density at radius 1 is 0.586 bits per heavy atom. The van der Waals surface area contributed by atoms with E-state index < -0.39 is 9.73 Å². The van der Waals surface area contributed by atoms with Crippen molar-refractivity contribution >= 4 is 9.73 Å². The Labute approximate surface area is 179 Å². The monoisotopic (exact) mass is 413 g/mol. The molecule has 0 N–H and O–H groups in total. The molecule has 2 aromatic rings. The third kappa shape index (κ3) is 8.74. The minimum absolute atomic E-state index is 0.667. The van der Waals surface area contributed by atoms with Crippen LogP contribution < -0.4 is 0 Å². The molecule has 0 aromatic heterocycles. The maximum Gasteiger partial charge on any atom is 0.104 e. The molecular weight excluding hydrogens is 374 g/mol. The maximum absolute atomic E-state index is 13.7. The van der Waals surface area contributed by atoms with E-state index in [1.54, 1.807) is 0 Å². The van der Waals surface area contributed by atoms with Crippen molar-refractivity contribution in [1.82, 2.24) is 0 Å². The molecule has 2 aromatic carbocycles. The van der Waals surface area contributed by atoms with Crippen molar-refractivity contribution < 1.29 is 4.21 Å². The molecule has 2 nitrogen and oxygen atoms in total. The quantitative estimate of drug-likeness (QED) is 0.270. The van der Waals surface area contributed by atoms with Crippen molar-refractivity contribution in [2.24, 2.45) is 4.36 Å². The van der Waals surface area contributed by atoms with Crippen LogP contribution in [0.3, 0.4) is 0 Å². The first-order valence-electron chi connectivity index (χ1n) is 11.6. The molecular formula is C26H39NOS. The molecule has 0 atom stereocenters. The normalized spacial score (nSPS) is 11.5. The molecule has 0 saturated heterocycles. The van der Waals surface area contributed by atoms with Gasteiger partial charge in [0.05, 0.1) is 9.79 Å². The van der Waals surface area contributed by atoms with Crippen molar-refractivity contribution in [3.05, 3.63) is 60.7 Å². The summed E-state index contributed by atoms with van der Waals surface area (Å²) in [6, 6.07) is 19.4. The lowest BCUT2D eigenvalue weighted by atomic mass is 10.1. The van der Waals surface area contributed by atoms with E-state index in [1.807, 2.05) is 60.7 Å². The second-order valence-corrected chi connectivity index (χ2v) is 10.1. The number of unbranched alkanes of at least 4 members (excludes halogenated alkanes) is 11. The standard InChI is InChI=1S/C26H39NOS/c1-2-3-4-5-6-7-8-9-10-11-12-19-24-27-29(28,25-20-15-13-16-21-25)26-22-17-14-18-23-26/h13-18,20-23H,2-12,19,24H2,1H3. The molecule has 0 heterocycles. The summed E-state index contributed by atoms with van der Waals surface area (Å²) in [6.45, 7) is 2.94. The molecule has 0 aliphatic heterocycles. The zero-order valence-electron chi connectivity index (χ0n) is 18.2. The minimum Gasteiger partial charge on any atom is -0.240 e. The number of rotatable bonds is 15. The highest BCUT2D eigenvalue weighted by atomic mass is 32.2. The van der Waals surface area contributed by atoms with E-state index in [-0.39, 0.29) is 0 Å². The van der Waals surface area contributed by atoms with Crippen LogP contribution >= 0.6 is 0 Å². The predicted molar refractivity (Wildman–Crippen MR) is 126 cm³/mol. The molecule has 0 bridgehead atoms. The molecule has 2 rings (SSSR count). The van der Waals surface area contributed by atoms with Crippen LogP contribution in [0.5, 0.6) is 0 Å². The number of nitrogens with zero attached hydrogens (tertiary/aromatic N) is 1. The van der Waals surface area contributed by atoms with Crippen molar-refractivity contribution in [1.29, 1.82) is 0 Å². The Balaban J connectivity index is 1.71. The first-order chi connectivity index (χ1) is 14.3. The molecule has 29 heavy (non-hydrogen) atoms. The van der Waals surface area contributed by atoms with Crippen LogP contribution in [0.15, 0.2) is 74.8 Å². The highest BCUT2D eigenvalue weighted by molar-refractivity contribution is 7.93. The van der Waals surface area contributed by atoms with Crippen molar-refractivity contribution in [3.63, 3.8) is 0 Å². The van der Waals surface area contributed by atoms with E-state index in [4.69, 9.17) is 4.36 Å². The molecule has 0 aliphatic carbocycles. The van der Waals surface area contributed by atoms with Crippen LogP contribution in [-0.4, -0.2) is 10.8 Å². The Kier molecular flexibility index (Phi) is 11.7. The van der Waals surface area contributed by atoms with E-state index in [1.165, 1.54) is 70.6 Å². The maximum atomic E-state index is 13.7. The van der Waals surface area contributed by atoms with Crippen molar-refractivity contribution in [2.45, 2.75) is 93.8 Å². The van der Waals surface area contributed by atoms with Crippen LogP contribution in [0.25, 0.3) is 0 Å². The first kappa shape index (κ1) is 23.7. The highest BCUT2D eigenvalue weighted by Crippen LogP contribution is 2.23. The topological polar surface area (TPSA) is 29.4 Å². The van der Waals surface area contributed by atoms with Gasteiger partial charge in [-0.25, -0.2) is 8.57 Å². The van der Waals surface area contributed by atoms with Gasteiger partial charge in [-0.15, -0.1) is 0 Å². The summed E-state index contributed by atoms with van der Waals surface area (Å²) in [7, 11) is -2.54. The summed E-state index contributed by atoms with van der Waals surface area (Å²) in [4.78, 5) is 1.62. The van der Waals surface area contributed by atoms with Gasteiger partial charge < -0.3 is 0 Å². The lowest BCUT2D eigenvalue weighted by Crippen LogP contribution is -2.03. The molecule has 0 spiro atoms. The Morgan fingerprint density at radius 2 is 0.966 bits per heavy atom. The van der Waals surface area contributed by atoms with Gasteiger partial charge in [0.15, 0.2) is 0 Å². The number of hydrogen-bond donors (Lipinski definition) is 0. The molecule has 0 fully saturated rings. The summed E-state index contributed by atoms with van der Waals surface area (Å²) < 4.78 is 18.4. The van der Waals surface area contributed by atoms with Crippen LogP contribution in [0.4, 0.5) is 0 Å². The van der Waals surface area contributed by atoms with E-state index in [0.29, 0.717) is 6.54 Å². The molecule has 0 aliphatic rings. The van der Waals surface area contributed by atoms with Gasteiger partial charge in [0.1, 0.15) is 9.73 Å². The van der Waals surface area contributed by atoms with Crippen LogP contribution in [0.1, 0.15) is 84.0 Å². The van der Waals surface area contributed by atoms with Crippen molar-refractivity contribution in [3.8, 4) is 0 Å². The van der Waals surface area contributed by atoms with Gasteiger partial charge >= 0.3 is 0 Å². The second kappa shape index (κ2) is 14.4. The summed E-state index contributed by atoms with van der Waals surface area (Å²) in [5.74, 6) is 0. The fraction of sp³-hybridized carbons (Fsp3) is 0.538. The minimum atomic E-state index is -2.54. The van der Waals surface area contributed by atoms with Gasteiger partial charge in [-0.3, -0.25) is 0 Å². The largest absolute Gasteiger partial charge is 0.240 e. The number of hydrogen-bond acceptors (Lipinski definition) is 2. The lowest BCUT2D eigenvalue weighted by Gasteiger charge is -2.11. The van der Waals surface area contributed by atoms with E-state index in [0.717, 1.165) is 16.2 Å². The Bertz CT molecular complexity index is 718. The molecule has 3 heteroatoms. The van der Waals surface area contributed by atoms with Gasteiger partial charge in [-0.2, -0.15) is 0 Å². The smallest absolute Gasteiger partial charge is 0.104 e. The first-order valence-corrected chi connectivity index (χ1v) is 13.1. The molecule has 0 unspecified atom stereocenters.